The second-order valence-corrected chi connectivity index (χ2v) is 6.02. The molecule has 2 N–H and O–H groups in total. The Morgan fingerprint density at radius 2 is 2.05 bits per heavy atom. The van der Waals surface area contributed by atoms with E-state index < -0.39 is 5.60 Å². The number of para-hydroxylation sites is 1. The minimum Gasteiger partial charge on any atom is -0.388 e. The molecule has 1 aromatic carbocycles. The number of fused-ring (bicyclic) bond motifs is 1. The van der Waals surface area contributed by atoms with Gasteiger partial charge in [-0.2, -0.15) is 0 Å². The molecule has 4 nitrogen and oxygen atoms in total. The molecule has 1 aromatic heterocycles. The zero-order valence-electron chi connectivity index (χ0n) is 13.0. The van der Waals surface area contributed by atoms with Crippen molar-refractivity contribution in [2.45, 2.75) is 33.3 Å². The number of benzene rings is 1. The van der Waals surface area contributed by atoms with E-state index in [1.54, 1.807) is 13.0 Å². The predicted molar refractivity (Wildman–Crippen MR) is 84.3 cm³/mol. The van der Waals surface area contributed by atoms with Crippen molar-refractivity contribution in [1.29, 1.82) is 0 Å². The van der Waals surface area contributed by atoms with Crippen LogP contribution >= 0.6 is 0 Å². The number of nitrogens with zero attached hydrogens (tertiary/aromatic N) is 1. The topological polar surface area (TPSA) is 62.2 Å². The van der Waals surface area contributed by atoms with Gasteiger partial charge in [-0.15, -0.1) is 0 Å². The van der Waals surface area contributed by atoms with Gasteiger partial charge in [0.15, 0.2) is 0 Å². The molecule has 0 fully saturated rings. The second-order valence-electron chi connectivity index (χ2n) is 6.02. The molecule has 2 aromatic rings. The third kappa shape index (κ3) is 3.39. The molecule has 0 aliphatic carbocycles. The monoisotopic (exact) mass is 286 g/mol. The Morgan fingerprint density at radius 1 is 1.33 bits per heavy atom. The molecule has 112 valence electrons. The van der Waals surface area contributed by atoms with E-state index in [1.807, 2.05) is 45.0 Å². The van der Waals surface area contributed by atoms with Gasteiger partial charge in [-0.1, -0.05) is 32.0 Å². The molecule has 1 atom stereocenters. The fourth-order valence-corrected chi connectivity index (χ4v) is 1.99. The van der Waals surface area contributed by atoms with Crippen LogP contribution in [0.1, 0.15) is 36.8 Å². The molecule has 0 saturated heterocycles. The average Bonchev–Trinajstić information content (AvgIpc) is 2.44. The van der Waals surface area contributed by atoms with E-state index in [1.165, 1.54) is 0 Å². The smallest absolute Gasteiger partial charge is 0.253 e. The summed E-state index contributed by atoms with van der Waals surface area (Å²) < 4.78 is 0. The first-order chi connectivity index (χ1) is 9.81. The number of aryl methyl sites for hydroxylation is 1. The summed E-state index contributed by atoms with van der Waals surface area (Å²) in [6.45, 7) is 7.69. The molecule has 2 rings (SSSR count). The SMILES string of the molecule is Cc1ccc2cccc(C(=O)NCC(C)(O)C(C)C)c2n1. The normalized spacial score (nSPS) is 14.2. The van der Waals surface area contributed by atoms with Crippen LogP contribution in [0.25, 0.3) is 10.9 Å². The van der Waals surface area contributed by atoms with E-state index in [-0.39, 0.29) is 18.4 Å². The van der Waals surface area contributed by atoms with Crippen LogP contribution < -0.4 is 5.32 Å². The number of rotatable bonds is 4. The Bertz CT molecular complexity index is 663. The summed E-state index contributed by atoms with van der Waals surface area (Å²) in [7, 11) is 0. The molecule has 0 spiro atoms. The number of nitrogens with one attached hydrogen (secondary N) is 1. The Morgan fingerprint density at radius 3 is 2.71 bits per heavy atom. The summed E-state index contributed by atoms with van der Waals surface area (Å²) in [5.41, 5.74) is 1.18. The number of carbonyl (C=O) groups excluding carboxylic acids is 1. The molecule has 0 bridgehead atoms. The van der Waals surface area contributed by atoms with Gasteiger partial charge in [0.05, 0.1) is 16.7 Å². The van der Waals surface area contributed by atoms with Crippen molar-refractivity contribution < 1.29 is 9.90 Å². The summed E-state index contributed by atoms with van der Waals surface area (Å²) >= 11 is 0. The van der Waals surface area contributed by atoms with E-state index >= 15 is 0 Å². The standard InChI is InChI=1S/C17H22N2O2/c1-11(2)17(4,21)10-18-16(20)14-7-5-6-13-9-8-12(3)19-15(13)14/h5-9,11,21H,10H2,1-4H3,(H,18,20). The highest BCUT2D eigenvalue weighted by Crippen LogP contribution is 2.18. The maximum Gasteiger partial charge on any atom is 0.253 e. The number of amides is 1. The Kier molecular flexibility index (Phi) is 4.28. The molecule has 1 unspecified atom stereocenters. The molecule has 4 heteroatoms. The van der Waals surface area contributed by atoms with Crippen molar-refractivity contribution in [1.82, 2.24) is 10.3 Å². The van der Waals surface area contributed by atoms with Crippen LogP contribution in [0.5, 0.6) is 0 Å². The largest absolute Gasteiger partial charge is 0.388 e. The van der Waals surface area contributed by atoms with Gasteiger partial charge in [-0.3, -0.25) is 9.78 Å². The zero-order valence-corrected chi connectivity index (χ0v) is 13.0. The summed E-state index contributed by atoms with van der Waals surface area (Å²) in [5.74, 6) is -0.148. The molecule has 0 radical (unpaired) electrons. The molecule has 1 amide bonds. The van der Waals surface area contributed by atoms with Crippen molar-refractivity contribution in [2.24, 2.45) is 5.92 Å². The molecule has 1 heterocycles. The second kappa shape index (κ2) is 5.82. The van der Waals surface area contributed by atoms with Crippen LogP contribution in [0, 0.1) is 12.8 Å². The third-order valence-corrected chi connectivity index (χ3v) is 3.95. The maximum absolute atomic E-state index is 12.4. The number of hydrogen-bond donors (Lipinski definition) is 2. The van der Waals surface area contributed by atoms with Gasteiger partial charge in [0.1, 0.15) is 0 Å². The van der Waals surface area contributed by atoms with Gasteiger partial charge in [0, 0.05) is 17.6 Å². The Hall–Kier alpha value is -1.94. The lowest BCUT2D eigenvalue weighted by Crippen LogP contribution is -2.44. The summed E-state index contributed by atoms with van der Waals surface area (Å²) in [6, 6.07) is 9.41. The highest BCUT2D eigenvalue weighted by Gasteiger charge is 2.25. The zero-order chi connectivity index (χ0) is 15.6. The van der Waals surface area contributed by atoms with Crippen LogP contribution in [-0.2, 0) is 0 Å². The number of hydrogen-bond acceptors (Lipinski definition) is 3. The highest BCUT2D eigenvalue weighted by atomic mass is 16.3. The predicted octanol–water partition coefficient (Wildman–Crippen LogP) is 2.68. The summed E-state index contributed by atoms with van der Waals surface area (Å²) in [5, 5.41) is 14.0. The average molecular weight is 286 g/mol. The van der Waals surface area contributed by atoms with Crippen LogP contribution in [0.4, 0.5) is 0 Å². The number of pyridine rings is 1. The van der Waals surface area contributed by atoms with E-state index in [4.69, 9.17) is 0 Å². The van der Waals surface area contributed by atoms with Crippen LogP contribution in [-0.4, -0.2) is 28.1 Å². The molecule has 21 heavy (non-hydrogen) atoms. The van der Waals surface area contributed by atoms with Crippen LogP contribution in [0.3, 0.4) is 0 Å². The van der Waals surface area contributed by atoms with Crippen molar-refractivity contribution in [3.05, 3.63) is 41.6 Å². The van der Waals surface area contributed by atoms with Gasteiger partial charge in [-0.05, 0) is 31.9 Å². The van der Waals surface area contributed by atoms with Gasteiger partial charge in [0.2, 0.25) is 0 Å². The highest BCUT2D eigenvalue weighted by molar-refractivity contribution is 6.05. The van der Waals surface area contributed by atoms with E-state index in [0.717, 1.165) is 11.1 Å². The number of aliphatic hydroxyl groups is 1. The van der Waals surface area contributed by atoms with Crippen LogP contribution in [0.2, 0.25) is 0 Å². The lowest BCUT2D eigenvalue weighted by molar-refractivity contribution is 0.0142. The molecular formula is C17H22N2O2. The van der Waals surface area contributed by atoms with Crippen LogP contribution in [0.15, 0.2) is 30.3 Å². The lowest BCUT2D eigenvalue weighted by Gasteiger charge is -2.27. The third-order valence-electron chi connectivity index (χ3n) is 3.95. The van der Waals surface area contributed by atoms with Gasteiger partial charge in [-0.25, -0.2) is 0 Å². The fraction of sp³-hybridized carbons (Fsp3) is 0.412. The van der Waals surface area contributed by atoms with Crippen molar-refractivity contribution in [3.63, 3.8) is 0 Å². The lowest BCUT2D eigenvalue weighted by atomic mass is 9.92. The molecule has 0 aliphatic rings. The first-order valence-corrected chi connectivity index (χ1v) is 7.18. The fourth-order valence-electron chi connectivity index (χ4n) is 1.99. The number of carbonyl (C=O) groups is 1. The minimum atomic E-state index is -0.927. The van der Waals surface area contributed by atoms with E-state index in [0.29, 0.717) is 11.1 Å². The first-order valence-electron chi connectivity index (χ1n) is 7.18. The van der Waals surface area contributed by atoms with Gasteiger partial charge >= 0.3 is 0 Å². The minimum absolute atomic E-state index is 0.0608. The molecular weight excluding hydrogens is 264 g/mol. The van der Waals surface area contributed by atoms with Gasteiger partial charge < -0.3 is 10.4 Å². The first kappa shape index (κ1) is 15.4. The van der Waals surface area contributed by atoms with E-state index in [2.05, 4.69) is 10.3 Å². The Labute approximate surface area is 125 Å². The Balaban J connectivity index is 2.26. The molecule has 0 aliphatic heterocycles. The molecule has 0 saturated carbocycles. The van der Waals surface area contributed by atoms with Gasteiger partial charge in [0.25, 0.3) is 5.91 Å². The van der Waals surface area contributed by atoms with Crippen molar-refractivity contribution in [2.75, 3.05) is 6.54 Å². The van der Waals surface area contributed by atoms with Crippen molar-refractivity contribution in [3.8, 4) is 0 Å². The quantitative estimate of drug-likeness (QED) is 0.908. The summed E-state index contributed by atoms with van der Waals surface area (Å²) in [4.78, 5) is 16.8. The van der Waals surface area contributed by atoms with Crippen molar-refractivity contribution >= 4 is 16.8 Å². The number of aromatic nitrogens is 1. The maximum atomic E-state index is 12.4. The summed E-state index contributed by atoms with van der Waals surface area (Å²) in [6.07, 6.45) is 0. The van der Waals surface area contributed by atoms with E-state index in [9.17, 15) is 9.90 Å².